The summed E-state index contributed by atoms with van der Waals surface area (Å²) < 4.78 is 8.26. The van der Waals surface area contributed by atoms with Crippen LogP contribution in [0.1, 0.15) is 27.7 Å². The highest BCUT2D eigenvalue weighted by Crippen LogP contribution is 2.22. The molecule has 0 amide bonds. The van der Waals surface area contributed by atoms with E-state index in [4.69, 9.17) is 10.5 Å². The fraction of sp³-hybridized carbons (Fsp3) is 0.350. The smallest absolute Gasteiger partial charge is 0.321 e. The molecule has 0 atom stereocenters. The standard InChI is InChI=1S/C18H21NO2S.C2H7N/c1-18(2,3)21-17(20)13-19-22-16-11-9-15(10-12-16)14-7-5-4-6-8-14;1-2-3/h4-12,19H,13H2,1-3H3;2-3H2,1H3. The molecular weight excluding hydrogens is 332 g/mol. The SMILES string of the molecule is CC(C)(C)OC(=O)CNSc1ccc(-c2ccccc2)cc1.CCN. The molecule has 5 heteroatoms. The molecule has 0 aromatic heterocycles. The van der Waals surface area contributed by atoms with Crippen LogP contribution < -0.4 is 10.5 Å². The average molecular weight is 361 g/mol. The Morgan fingerprint density at radius 2 is 1.56 bits per heavy atom. The quantitative estimate of drug-likeness (QED) is 0.616. The summed E-state index contributed by atoms with van der Waals surface area (Å²) in [5, 5.41) is 0. The molecule has 0 saturated carbocycles. The second kappa shape index (κ2) is 10.9. The monoisotopic (exact) mass is 360 g/mol. The summed E-state index contributed by atoms with van der Waals surface area (Å²) in [6, 6.07) is 18.5. The molecule has 2 rings (SSSR count). The predicted octanol–water partition coefficient (Wildman–Crippen LogP) is 4.26. The lowest BCUT2D eigenvalue weighted by Gasteiger charge is -2.19. The van der Waals surface area contributed by atoms with Gasteiger partial charge in [-0.05, 0) is 62.5 Å². The summed E-state index contributed by atoms with van der Waals surface area (Å²) in [5.41, 5.74) is 6.78. The third-order valence-electron chi connectivity index (χ3n) is 2.79. The molecule has 0 aliphatic rings. The molecule has 0 spiro atoms. The van der Waals surface area contributed by atoms with Crippen LogP contribution in [0, 0.1) is 0 Å². The van der Waals surface area contributed by atoms with Gasteiger partial charge in [0.25, 0.3) is 0 Å². The third-order valence-corrected chi connectivity index (χ3v) is 3.58. The van der Waals surface area contributed by atoms with E-state index in [0.29, 0.717) is 0 Å². The number of esters is 1. The van der Waals surface area contributed by atoms with E-state index in [0.717, 1.165) is 11.4 Å². The van der Waals surface area contributed by atoms with Crippen LogP contribution in [0.3, 0.4) is 0 Å². The fourth-order valence-electron chi connectivity index (χ4n) is 1.90. The fourth-order valence-corrected chi connectivity index (χ4v) is 2.53. The first-order valence-corrected chi connectivity index (χ1v) is 9.14. The molecule has 2 aromatic carbocycles. The van der Waals surface area contributed by atoms with Gasteiger partial charge in [-0.1, -0.05) is 49.4 Å². The summed E-state index contributed by atoms with van der Waals surface area (Å²) in [6.45, 7) is 8.42. The van der Waals surface area contributed by atoms with E-state index in [1.165, 1.54) is 23.1 Å². The van der Waals surface area contributed by atoms with Crippen molar-refractivity contribution in [3.05, 3.63) is 54.6 Å². The van der Waals surface area contributed by atoms with Gasteiger partial charge < -0.3 is 10.5 Å². The summed E-state index contributed by atoms with van der Waals surface area (Å²) in [4.78, 5) is 12.6. The Morgan fingerprint density at radius 1 is 1.04 bits per heavy atom. The van der Waals surface area contributed by atoms with Crippen molar-refractivity contribution in [2.75, 3.05) is 13.1 Å². The number of carbonyl (C=O) groups is 1. The van der Waals surface area contributed by atoms with E-state index in [2.05, 4.69) is 29.0 Å². The van der Waals surface area contributed by atoms with Crippen LogP contribution in [0.5, 0.6) is 0 Å². The van der Waals surface area contributed by atoms with Crippen molar-refractivity contribution < 1.29 is 9.53 Å². The first-order chi connectivity index (χ1) is 11.9. The Balaban J connectivity index is 0.000000970. The Kier molecular flexibility index (Phi) is 9.27. The topological polar surface area (TPSA) is 64.3 Å². The van der Waals surface area contributed by atoms with Gasteiger partial charge >= 0.3 is 5.97 Å². The second-order valence-electron chi connectivity index (χ2n) is 6.31. The zero-order chi connectivity index (χ0) is 18.7. The van der Waals surface area contributed by atoms with Crippen LogP contribution >= 0.6 is 11.9 Å². The highest BCUT2D eigenvalue weighted by molar-refractivity contribution is 7.97. The lowest BCUT2D eigenvalue weighted by molar-refractivity contribution is -0.153. The molecule has 0 bridgehead atoms. The van der Waals surface area contributed by atoms with Gasteiger partial charge in [-0.25, -0.2) is 4.72 Å². The Bertz CT molecular complexity index is 622. The number of carbonyl (C=O) groups excluding carboxylic acids is 1. The normalized spacial score (nSPS) is 10.6. The summed E-state index contributed by atoms with van der Waals surface area (Å²) in [5.74, 6) is -0.249. The van der Waals surface area contributed by atoms with Crippen molar-refractivity contribution in [2.24, 2.45) is 5.73 Å². The van der Waals surface area contributed by atoms with Gasteiger partial charge in [0.15, 0.2) is 0 Å². The Morgan fingerprint density at radius 3 is 2.08 bits per heavy atom. The zero-order valence-electron chi connectivity index (χ0n) is 15.4. The van der Waals surface area contributed by atoms with Crippen molar-refractivity contribution in [1.29, 1.82) is 0 Å². The Hall–Kier alpha value is -1.82. The Labute approximate surface area is 155 Å². The molecule has 2 aromatic rings. The predicted molar refractivity (Wildman–Crippen MR) is 106 cm³/mol. The molecular formula is C20H28N2O2S. The van der Waals surface area contributed by atoms with E-state index in [1.54, 1.807) is 0 Å². The summed E-state index contributed by atoms with van der Waals surface area (Å²) in [7, 11) is 0. The summed E-state index contributed by atoms with van der Waals surface area (Å²) >= 11 is 1.43. The first-order valence-electron chi connectivity index (χ1n) is 8.33. The lowest BCUT2D eigenvalue weighted by Crippen LogP contribution is -2.29. The minimum absolute atomic E-state index is 0.183. The highest BCUT2D eigenvalue weighted by atomic mass is 32.2. The van der Waals surface area contributed by atoms with Gasteiger partial charge in [-0.3, -0.25) is 4.79 Å². The van der Waals surface area contributed by atoms with Gasteiger partial charge in [0.05, 0.1) is 0 Å². The molecule has 0 radical (unpaired) electrons. The maximum Gasteiger partial charge on any atom is 0.321 e. The largest absolute Gasteiger partial charge is 0.459 e. The van der Waals surface area contributed by atoms with Crippen LogP contribution in [0.4, 0.5) is 0 Å². The van der Waals surface area contributed by atoms with Gasteiger partial charge in [0.2, 0.25) is 0 Å². The molecule has 136 valence electrons. The molecule has 0 unspecified atom stereocenters. The molecule has 3 N–H and O–H groups in total. The molecule has 0 saturated heterocycles. The van der Waals surface area contributed by atoms with Crippen LogP contribution in [0.2, 0.25) is 0 Å². The maximum absolute atomic E-state index is 11.6. The number of rotatable bonds is 5. The minimum Gasteiger partial charge on any atom is -0.459 e. The van der Waals surface area contributed by atoms with Crippen molar-refractivity contribution >= 4 is 17.9 Å². The second-order valence-corrected chi connectivity index (χ2v) is 7.27. The van der Waals surface area contributed by atoms with Crippen molar-refractivity contribution in [2.45, 2.75) is 38.2 Å². The molecule has 0 aliphatic carbocycles. The lowest BCUT2D eigenvalue weighted by atomic mass is 10.1. The van der Waals surface area contributed by atoms with E-state index >= 15 is 0 Å². The van der Waals surface area contributed by atoms with Crippen molar-refractivity contribution in [1.82, 2.24) is 4.72 Å². The molecule has 25 heavy (non-hydrogen) atoms. The van der Waals surface area contributed by atoms with Crippen LogP contribution in [0.15, 0.2) is 59.5 Å². The number of nitrogens with one attached hydrogen (secondary N) is 1. The number of ether oxygens (including phenoxy) is 1. The summed E-state index contributed by atoms with van der Waals surface area (Å²) in [6.07, 6.45) is 0. The number of benzene rings is 2. The molecule has 0 fully saturated rings. The van der Waals surface area contributed by atoms with Crippen LogP contribution in [0.25, 0.3) is 11.1 Å². The molecule has 0 aliphatic heterocycles. The first kappa shape index (κ1) is 21.2. The third kappa shape index (κ3) is 9.29. The van der Waals surface area contributed by atoms with Gasteiger partial charge in [0.1, 0.15) is 12.1 Å². The van der Waals surface area contributed by atoms with Gasteiger partial charge in [0, 0.05) is 4.90 Å². The van der Waals surface area contributed by atoms with Gasteiger partial charge in [-0.2, -0.15) is 0 Å². The maximum atomic E-state index is 11.6. The average Bonchev–Trinajstić information content (AvgIpc) is 2.55. The van der Waals surface area contributed by atoms with Gasteiger partial charge in [-0.15, -0.1) is 0 Å². The minimum atomic E-state index is -0.444. The van der Waals surface area contributed by atoms with Crippen molar-refractivity contribution in [3.63, 3.8) is 0 Å². The van der Waals surface area contributed by atoms with Crippen LogP contribution in [-0.4, -0.2) is 24.7 Å². The zero-order valence-corrected chi connectivity index (χ0v) is 16.2. The van der Waals surface area contributed by atoms with Crippen molar-refractivity contribution in [3.8, 4) is 11.1 Å². The van der Waals surface area contributed by atoms with E-state index in [-0.39, 0.29) is 12.5 Å². The number of hydrogen-bond acceptors (Lipinski definition) is 5. The van der Waals surface area contributed by atoms with E-state index in [1.807, 2.05) is 58.0 Å². The molecule has 4 nitrogen and oxygen atoms in total. The molecule has 0 heterocycles. The van der Waals surface area contributed by atoms with E-state index < -0.39 is 5.60 Å². The van der Waals surface area contributed by atoms with E-state index in [9.17, 15) is 4.79 Å². The number of hydrogen-bond donors (Lipinski definition) is 2. The van der Waals surface area contributed by atoms with Crippen LogP contribution in [-0.2, 0) is 9.53 Å². The number of nitrogens with two attached hydrogens (primary N) is 1. The highest BCUT2D eigenvalue weighted by Gasteiger charge is 2.15.